The van der Waals surface area contributed by atoms with Crippen molar-refractivity contribution in [1.29, 1.82) is 0 Å². The molecule has 1 aliphatic rings. The van der Waals surface area contributed by atoms with E-state index in [1.54, 1.807) is 24.7 Å². The Bertz CT molecular complexity index is 1060. The lowest BCUT2D eigenvalue weighted by atomic mass is 10.1. The SMILES string of the molecule is c1cnc(OC2CCN(Cc3coc4cc(Oc5nccs5)ccc34)CC2)nc1. The van der Waals surface area contributed by atoms with Crippen molar-refractivity contribution in [3.8, 4) is 17.0 Å². The summed E-state index contributed by atoms with van der Waals surface area (Å²) >= 11 is 1.46. The number of rotatable bonds is 6. The highest BCUT2D eigenvalue weighted by Crippen LogP contribution is 2.30. The van der Waals surface area contributed by atoms with Gasteiger partial charge in [-0.15, -0.1) is 0 Å². The second kappa shape index (κ2) is 8.18. The largest absolute Gasteiger partial charge is 0.464 e. The average molecular weight is 408 g/mol. The first-order chi connectivity index (χ1) is 14.3. The molecular formula is C21H20N4O3S. The third-order valence-electron chi connectivity index (χ3n) is 4.98. The van der Waals surface area contributed by atoms with E-state index in [1.165, 1.54) is 16.9 Å². The van der Waals surface area contributed by atoms with E-state index >= 15 is 0 Å². The van der Waals surface area contributed by atoms with E-state index in [1.807, 2.05) is 23.8 Å². The third-order valence-corrected chi connectivity index (χ3v) is 5.63. The molecule has 4 aromatic rings. The lowest BCUT2D eigenvalue weighted by Crippen LogP contribution is -2.38. The molecule has 7 nitrogen and oxygen atoms in total. The molecule has 0 unspecified atom stereocenters. The van der Waals surface area contributed by atoms with Crippen LogP contribution >= 0.6 is 11.3 Å². The molecule has 1 aliphatic heterocycles. The van der Waals surface area contributed by atoms with E-state index in [4.69, 9.17) is 13.9 Å². The maximum absolute atomic E-state index is 5.88. The summed E-state index contributed by atoms with van der Waals surface area (Å²) in [6.45, 7) is 2.79. The topological polar surface area (TPSA) is 73.5 Å². The van der Waals surface area contributed by atoms with Crippen LogP contribution < -0.4 is 9.47 Å². The number of aromatic nitrogens is 3. The van der Waals surface area contributed by atoms with Crippen molar-refractivity contribution >= 4 is 22.3 Å². The Morgan fingerprint density at radius 1 is 1.10 bits per heavy atom. The van der Waals surface area contributed by atoms with E-state index in [9.17, 15) is 0 Å². The maximum atomic E-state index is 5.88. The Morgan fingerprint density at radius 2 is 1.97 bits per heavy atom. The first-order valence-electron chi connectivity index (χ1n) is 9.57. The molecule has 0 saturated carbocycles. The van der Waals surface area contributed by atoms with Gasteiger partial charge in [0.2, 0.25) is 0 Å². The van der Waals surface area contributed by atoms with Gasteiger partial charge in [-0.3, -0.25) is 4.90 Å². The van der Waals surface area contributed by atoms with Gasteiger partial charge in [-0.1, -0.05) is 11.3 Å². The molecule has 3 aromatic heterocycles. The number of hydrogen-bond donors (Lipinski definition) is 0. The lowest BCUT2D eigenvalue weighted by Gasteiger charge is -2.31. The quantitative estimate of drug-likeness (QED) is 0.464. The molecule has 0 N–H and O–H groups in total. The summed E-state index contributed by atoms with van der Waals surface area (Å²) in [5.74, 6) is 0.731. The summed E-state index contributed by atoms with van der Waals surface area (Å²) in [6.07, 6.45) is 9.06. The van der Waals surface area contributed by atoms with Crippen LogP contribution in [0.4, 0.5) is 0 Å². The molecule has 0 bridgehead atoms. The smallest absolute Gasteiger partial charge is 0.316 e. The van der Waals surface area contributed by atoms with Crippen LogP contribution in [-0.2, 0) is 6.54 Å². The molecule has 8 heteroatoms. The van der Waals surface area contributed by atoms with Gasteiger partial charge in [0.25, 0.3) is 5.19 Å². The maximum Gasteiger partial charge on any atom is 0.316 e. The summed E-state index contributed by atoms with van der Waals surface area (Å²) in [7, 11) is 0. The molecule has 5 rings (SSSR count). The monoisotopic (exact) mass is 408 g/mol. The van der Waals surface area contributed by atoms with Gasteiger partial charge in [0.05, 0.1) is 6.26 Å². The van der Waals surface area contributed by atoms with Crippen LogP contribution in [0.3, 0.4) is 0 Å². The van der Waals surface area contributed by atoms with Gasteiger partial charge >= 0.3 is 6.01 Å². The van der Waals surface area contributed by atoms with Crippen LogP contribution in [0.2, 0.25) is 0 Å². The van der Waals surface area contributed by atoms with Gasteiger partial charge < -0.3 is 13.9 Å². The minimum Gasteiger partial charge on any atom is -0.464 e. The van der Waals surface area contributed by atoms with E-state index in [0.717, 1.165) is 49.2 Å². The van der Waals surface area contributed by atoms with E-state index in [0.29, 0.717) is 11.2 Å². The minimum atomic E-state index is 0.167. The minimum absolute atomic E-state index is 0.167. The molecule has 148 valence electrons. The number of fused-ring (bicyclic) bond motifs is 1. The second-order valence-electron chi connectivity index (χ2n) is 6.94. The fourth-order valence-electron chi connectivity index (χ4n) is 3.53. The number of piperidine rings is 1. The van der Waals surface area contributed by atoms with Crippen molar-refractivity contribution in [1.82, 2.24) is 19.9 Å². The zero-order valence-corrected chi connectivity index (χ0v) is 16.5. The van der Waals surface area contributed by atoms with Crippen LogP contribution in [0.15, 0.2) is 58.9 Å². The molecule has 4 heterocycles. The molecule has 0 atom stereocenters. The Balaban J connectivity index is 1.20. The zero-order chi connectivity index (χ0) is 19.5. The number of ether oxygens (including phenoxy) is 2. The van der Waals surface area contributed by atoms with E-state index < -0.39 is 0 Å². The van der Waals surface area contributed by atoms with Gasteiger partial charge in [-0.2, -0.15) is 0 Å². The van der Waals surface area contributed by atoms with Crippen LogP contribution in [0.5, 0.6) is 17.0 Å². The predicted octanol–water partition coefficient (Wildman–Crippen LogP) is 4.52. The van der Waals surface area contributed by atoms with Crippen LogP contribution in [0, 0.1) is 0 Å². The highest BCUT2D eigenvalue weighted by atomic mass is 32.1. The molecule has 0 spiro atoms. The summed E-state index contributed by atoms with van der Waals surface area (Å²) in [6, 6.07) is 8.18. The molecule has 1 fully saturated rings. The van der Waals surface area contributed by atoms with Crippen LogP contribution in [0.1, 0.15) is 18.4 Å². The summed E-state index contributed by atoms with van der Waals surface area (Å²) < 4.78 is 17.4. The standard InChI is InChI=1S/C21H20N4O3S/c1-6-22-20(23-7-1)27-16-4-9-25(10-5-16)13-15-14-26-19-12-17(2-3-18(15)19)28-21-24-8-11-29-21/h1-3,6-8,11-12,14,16H,4-5,9-10,13H2. The predicted molar refractivity (Wildman–Crippen MR) is 109 cm³/mol. The first kappa shape index (κ1) is 18.1. The molecular weight excluding hydrogens is 388 g/mol. The summed E-state index contributed by atoms with van der Waals surface area (Å²) in [5.41, 5.74) is 2.01. The number of thiazole rings is 1. The van der Waals surface area contributed by atoms with Crippen molar-refractivity contribution in [2.45, 2.75) is 25.5 Å². The van der Waals surface area contributed by atoms with Crippen LogP contribution in [0.25, 0.3) is 11.0 Å². The highest BCUT2D eigenvalue weighted by molar-refractivity contribution is 7.11. The molecule has 0 amide bonds. The Hall–Kier alpha value is -2.97. The summed E-state index contributed by atoms with van der Waals surface area (Å²) in [4.78, 5) is 14.9. The van der Waals surface area contributed by atoms with E-state index in [2.05, 4.69) is 25.9 Å². The highest BCUT2D eigenvalue weighted by Gasteiger charge is 2.22. The summed E-state index contributed by atoms with van der Waals surface area (Å²) in [5, 5.41) is 3.63. The van der Waals surface area contributed by atoms with Gasteiger partial charge in [0.15, 0.2) is 0 Å². The van der Waals surface area contributed by atoms with Crippen molar-refractivity contribution in [2.24, 2.45) is 0 Å². The number of likely N-dealkylation sites (tertiary alicyclic amines) is 1. The molecule has 0 aliphatic carbocycles. The molecule has 29 heavy (non-hydrogen) atoms. The fraction of sp³-hybridized carbons (Fsp3) is 0.286. The Labute approximate surface area is 171 Å². The normalized spacial score (nSPS) is 15.6. The molecule has 1 saturated heterocycles. The number of furan rings is 1. The van der Waals surface area contributed by atoms with Crippen molar-refractivity contribution in [3.05, 3.63) is 60.1 Å². The van der Waals surface area contributed by atoms with Gasteiger partial charge in [-0.05, 0) is 31.0 Å². The average Bonchev–Trinajstić information content (AvgIpc) is 3.40. The van der Waals surface area contributed by atoms with Gasteiger partial charge in [0, 0.05) is 60.6 Å². The Kier molecular flexibility index (Phi) is 5.10. The third kappa shape index (κ3) is 4.23. The van der Waals surface area contributed by atoms with Crippen molar-refractivity contribution in [3.63, 3.8) is 0 Å². The number of nitrogens with zero attached hydrogens (tertiary/aromatic N) is 4. The van der Waals surface area contributed by atoms with Crippen LogP contribution in [-0.4, -0.2) is 39.0 Å². The van der Waals surface area contributed by atoms with E-state index in [-0.39, 0.29) is 6.10 Å². The zero-order valence-electron chi connectivity index (χ0n) is 15.7. The first-order valence-corrected chi connectivity index (χ1v) is 10.4. The number of benzene rings is 1. The fourth-order valence-corrected chi connectivity index (χ4v) is 4.04. The van der Waals surface area contributed by atoms with Gasteiger partial charge in [0.1, 0.15) is 17.4 Å². The Morgan fingerprint density at radius 3 is 2.76 bits per heavy atom. The lowest BCUT2D eigenvalue weighted by molar-refractivity contribution is 0.0893. The van der Waals surface area contributed by atoms with Crippen molar-refractivity contribution in [2.75, 3.05) is 13.1 Å². The van der Waals surface area contributed by atoms with Gasteiger partial charge in [-0.25, -0.2) is 15.0 Å². The molecule has 0 radical (unpaired) electrons. The number of hydrogen-bond acceptors (Lipinski definition) is 8. The second-order valence-corrected chi connectivity index (χ2v) is 7.80. The molecule has 1 aromatic carbocycles. The van der Waals surface area contributed by atoms with Crippen molar-refractivity contribution < 1.29 is 13.9 Å².